The molecule has 25 heavy (non-hydrogen) atoms. The first-order chi connectivity index (χ1) is 12.1. The summed E-state index contributed by atoms with van der Waals surface area (Å²) in [6, 6.07) is 7.16. The van der Waals surface area contributed by atoms with Gasteiger partial charge in [0.1, 0.15) is 0 Å². The van der Waals surface area contributed by atoms with Crippen molar-refractivity contribution in [1.29, 1.82) is 0 Å². The van der Waals surface area contributed by atoms with Crippen molar-refractivity contribution in [2.45, 2.75) is 48.4 Å². The molecule has 0 aliphatic rings. The molecule has 0 aliphatic carbocycles. The summed E-state index contributed by atoms with van der Waals surface area (Å²) in [5, 5.41) is 3.70. The van der Waals surface area contributed by atoms with Crippen LogP contribution in [0.25, 0.3) is 0 Å². The molecular formula is C18H24O4S2Sn. The first kappa shape index (κ1) is 20.5. The van der Waals surface area contributed by atoms with Crippen LogP contribution in [0.1, 0.15) is 58.9 Å². The van der Waals surface area contributed by atoms with E-state index in [9.17, 15) is 9.59 Å². The van der Waals surface area contributed by atoms with E-state index in [4.69, 9.17) is 6.15 Å². The van der Waals surface area contributed by atoms with Gasteiger partial charge in [-0.1, -0.05) is 0 Å². The summed E-state index contributed by atoms with van der Waals surface area (Å²) in [5.74, 6) is -0.672. The molecule has 0 radical (unpaired) electrons. The van der Waals surface area contributed by atoms with Crippen LogP contribution in [0.2, 0.25) is 8.87 Å². The summed E-state index contributed by atoms with van der Waals surface area (Å²) < 4.78 is 13.4. The Bertz CT molecular complexity index is 594. The Morgan fingerprint density at radius 2 is 1.32 bits per heavy atom. The summed E-state index contributed by atoms with van der Waals surface area (Å²) in [6.07, 6.45) is 3.79. The topological polar surface area (TPSA) is 52.6 Å². The van der Waals surface area contributed by atoms with E-state index in [2.05, 4.69) is 13.8 Å². The van der Waals surface area contributed by atoms with Crippen LogP contribution in [0, 0.1) is 0 Å². The van der Waals surface area contributed by atoms with Crippen LogP contribution < -0.4 is 0 Å². The third-order valence-electron chi connectivity index (χ3n) is 3.82. The molecule has 0 saturated heterocycles. The van der Waals surface area contributed by atoms with Crippen LogP contribution in [0.15, 0.2) is 35.0 Å². The molecular weight excluding hydrogens is 463 g/mol. The van der Waals surface area contributed by atoms with Gasteiger partial charge in [0.2, 0.25) is 0 Å². The molecule has 0 fully saturated rings. The second-order valence-corrected chi connectivity index (χ2v) is 17.0. The Labute approximate surface area is 162 Å². The zero-order valence-corrected chi connectivity index (χ0v) is 19.1. The van der Waals surface area contributed by atoms with E-state index < -0.39 is 19.2 Å². The van der Waals surface area contributed by atoms with Gasteiger partial charge in [-0.3, -0.25) is 0 Å². The standard InChI is InChI=1S/2C5H4O2S.2C4H9.Sn/c2*6-5(7)4-2-1-3-8-4;2*1-3-4-2;/h2*1-3H,(H,6,7);2*1,3-4H2,2H3;/q;;;;+2/p-2. The van der Waals surface area contributed by atoms with Crippen LogP contribution in [-0.2, 0) is 6.15 Å². The number of rotatable bonds is 10. The fourth-order valence-electron chi connectivity index (χ4n) is 2.47. The number of unbranched alkanes of at least 4 members (excludes halogenated alkanes) is 2. The van der Waals surface area contributed by atoms with Gasteiger partial charge < -0.3 is 0 Å². The molecule has 0 saturated carbocycles. The average Bonchev–Trinajstić information content (AvgIpc) is 3.31. The zero-order valence-electron chi connectivity index (χ0n) is 14.7. The number of carbonyl (C=O) groups is 2. The molecule has 0 unspecified atom stereocenters. The molecule has 0 spiro atoms. The number of thiophene rings is 2. The van der Waals surface area contributed by atoms with Gasteiger partial charge >= 0.3 is 163 Å². The van der Waals surface area contributed by atoms with Gasteiger partial charge in [-0.15, -0.1) is 0 Å². The van der Waals surface area contributed by atoms with Gasteiger partial charge in [-0.05, 0) is 0 Å². The van der Waals surface area contributed by atoms with Crippen molar-refractivity contribution in [3.05, 3.63) is 44.8 Å². The molecule has 2 aromatic rings. The van der Waals surface area contributed by atoms with Crippen LogP contribution in [0.5, 0.6) is 0 Å². The van der Waals surface area contributed by atoms with Crippen molar-refractivity contribution < 1.29 is 15.7 Å². The Morgan fingerprint density at radius 3 is 1.64 bits per heavy atom. The van der Waals surface area contributed by atoms with E-state index in [-0.39, 0.29) is 11.9 Å². The van der Waals surface area contributed by atoms with Gasteiger partial charge in [-0.25, -0.2) is 0 Å². The second kappa shape index (κ2) is 10.3. The molecule has 2 rings (SSSR count). The maximum absolute atomic E-state index is 12.6. The van der Waals surface area contributed by atoms with E-state index in [0.717, 1.165) is 34.6 Å². The first-order valence-electron chi connectivity index (χ1n) is 8.64. The summed E-state index contributed by atoms with van der Waals surface area (Å²) in [5.41, 5.74) is 0. The molecule has 4 nitrogen and oxygen atoms in total. The Balaban J connectivity index is 2.22. The predicted molar refractivity (Wildman–Crippen MR) is 105 cm³/mol. The minimum absolute atomic E-state index is 0.336. The van der Waals surface area contributed by atoms with Gasteiger partial charge in [0.15, 0.2) is 0 Å². The number of carbonyl (C=O) groups excluding carboxylic acids is 2. The third kappa shape index (κ3) is 6.11. The van der Waals surface area contributed by atoms with Crippen LogP contribution in [-0.4, -0.2) is 31.1 Å². The average molecular weight is 487 g/mol. The van der Waals surface area contributed by atoms with Crippen LogP contribution in [0.4, 0.5) is 0 Å². The minimum atomic E-state index is -3.86. The quantitative estimate of drug-likeness (QED) is 0.394. The van der Waals surface area contributed by atoms with E-state index in [0.29, 0.717) is 9.75 Å². The van der Waals surface area contributed by atoms with E-state index in [1.807, 2.05) is 22.9 Å². The number of hydrogen-bond donors (Lipinski definition) is 0. The van der Waals surface area contributed by atoms with Crippen LogP contribution in [0.3, 0.4) is 0 Å². The normalized spacial score (nSPS) is 11.3. The summed E-state index contributed by atoms with van der Waals surface area (Å²) >= 11 is -1.15. The van der Waals surface area contributed by atoms with Crippen molar-refractivity contribution in [1.82, 2.24) is 0 Å². The molecule has 0 aliphatic heterocycles. The second-order valence-electron chi connectivity index (χ2n) is 5.85. The zero-order chi connectivity index (χ0) is 18.1. The molecule has 0 aromatic carbocycles. The summed E-state index contributed by atoms with van der Waals surface area (Å²) in [7, 11) is 0. The monoisotopic (exact) mass is 488 g/mol. The Kier molecular flexibility index (Phi) is 8.45. The van der Waals surface area contributed by atoms with Gasteiger partial charge in [0.05, 0.1) is 0 Å². The fourth-order valence-corrected chi connectivity index (χ4v) is 13.7. The Morgan fingerprint density at radius 1 is 0.880 bits per heavy atom. The van der Waals surface area contributed by atoms with Gasteiger partial charge in [-0.2, -0.15) is 0 Å². The van der Waals surface area contributed by atoms with Gasteiger partial charge in [0, 0.05) is 0 Å². The first-order valence-corrected chi connectivity index (χ1v) is 16.8. The van der Waals surface area contributed by atoms with Crippen molar-refractivity contribution in [3.8, 4) is 0 Å². The third-order valence-corrected chi connectivity index (χ3v) is 15.1. The molecule has 0 N–H and O–H groups in total. The molecule has 0 bridgehead atoms. The van der Waals surface area contributed by atoms with Crippen LogP contribution >= 0.6 is 22.7 Å². The summed E-state index contributed by atoms with van der Waals surface area (Å²) in [4.78, 5) is 26.3. The van der Waals surface area contributed by atoms with E-state index >= 15 is 0 Å². The number of hydrogen-bond acceptors (Lipinski definition) is 6. The molecule has 136 valence electrons. The van der Waals surface area contributed by atoms with Gasteiger partial charge in [0.25, 0.3) is 0 Å². The summed E-state index contributed by atoms with van der Waals surface area (Å²) in [6.45, 7) is 4.19. The van der Waals surface area contributed by atoms with E-state index in [1.54, 1.807) is 12.1 Å². The molecule has 7 heteroatoms. The SMILES string of the molecule is CCC[CH2][Sn]([CH2]CCC)([O]C(=O)c1cccs1)[O]C(=O)c1cccs1. The molecule has 0 atom stereocenters. The van der Waals surface area contributed by atoms with Crippen molar-refractivity contribution in [2.24, 2.45) is 0 Å². The molecule has 2 heterocycles. The van der Waals surface area contributed by atoms with Crippen molar-refractivity contribution in [2.75, 3.05) is 0 Å². The molecule has 0 amide bonds. The van der Waals surface area contributed by atoms with Crippen molar-refractivity contribution >= 4 is 53.8 Å². The van der Waals surface area contributed by atoms with Crippen molar-refractivity contribution in [3.63, 3.8) is 0 Å². The molecule has 2 aromatic heterocycles. The Hall–Kier alpha value is -0.861. The van der Waals surface area contributed by atoms with E-state index in [1.165, 1.54) is 22.7 Å². The maximum atomic E-state index is 12.6. The predicted octanol–water partition coefficient (Wildman–Crippen LogP) is 5.87. The fraction of sp³-hybridized carbons (Fsp3) is 0.444.